The monoisotopic (exact) mass is 360 g/mol. The lowest BCUT2D eigenvalue weighted by atomic mass is 9.31. The van der Waals surface area contributed by atoms with Gasteiger partial charge in [-0.2, -0.15) is 13.2 Å². The Morgan fingerprint density at radius 1 is 1.16 bits per heavy atom. The van der Waals surface area contributed by atoms with Crippen molar-refractivity contribution in [3.05, 3.63) is 0 Å². The Hall–Kier alpha value is -0.980. The maximum Gasteiger partial charge on any atom is 0.410 e. The number of carbonyl (C=O) groups excluding carboxylic acids is 1. The average molecular weight is 360 g/mol. The Labute approximate surface area is 146 Å². The van der Waals surface area contributed by atoms with E-state index in [0.717, 1.165) is 32.4 Å². The van der Waals surface area contributed by atoms with Gasteiger partial charge in [0.2, 0.25) is 0 Å². The highest BCUT2D eigenvalue weighted by molar-refractivity contribution is 5.69. The van der Waals surface area contributed by atoms with Gasteiger partial charge in [0.25, 0.3) is 0 Å². The molecule has 0 aromatic rings. The molecule has 1 saturated heterocycles. The number of nitrogens with zero attached hydrogens (tertiary/aromatic N) is 1. The molecule has 0 spiro atoms. The molecule has 142 valence electrons. The number of halogens is 3. The third kappa shape index (κ3) is 2.73. The molecule has 7 heteroatoms. The highest BCUT2D eigenvalue weighted by Crippen LogP contribution is 2.77. The Bertz CT molecular complexity index is 566. The second kappa shape index (κ2) is 4.84. The minimum Gasteiger partial charge on any atom is -0.444 e. The summed E-state index contributed by atoms with van der Waals surface area (Å²) in [6.45, 7) is 7.50. The number of alkyl halides is 3. The molecule has 0 radical (unpaired) electrons. The van der Waals surface area contributed by atoms with Crippen LogP contribution in [0.5, 0.6) is 0 Å². The maximum atomic E-state index is 13.0. The van der Waals surface area contributed by atoms with E-state index in [9.17, 15) is 18.0 Å². The smallest absolute Gasteiger partial charge is 0.410 e. The SMILES string of the molecule is CC(C)(C)OC(=O)N1CC(C23CC(CNC4(C(F)(F)F)CC4)(C2)C3)C1. The fourth-order valence-electron chi connectivity index (χ4n) is 5.09. The van der Waals surface area contributed by atoms with Crippen LogP contribution in [0, 0.1) is 16.7 Å². The summed E-state index contributed by atoms with van der Waals surface area (Å²) >= 11 is 0. The number of likely N-dealkylation sites (tertiary alicyclic amines) is 1. The van der Waals surface area contributed by atoms with E-state index in [1.807, 2.05) is 20.8 Å². The third-order valence-corrected chi connectivity index (χ3v) is 6.67. The molecule has 0 atom stereocenters. The summed E-state index contributed by atoms with van der Waals surface area (Å²) in [5, 5.41) is 2.83. The highest BCUT2D eigenvalue weighted by Gasteiger charge is 2.72. The molecule has 5 aliphatic rings. The van der Waals surface area contributed by atoms with Crippen LogP contribution in [0.3, 0.4) is 0 Å². The number of amides is 1. The Morgan fingerprint density at radius 3 is 2.16 bits per heavy atom. The molecule has 4 aliphatic carbocycles. The fourth-order valence-corrected chi connectivity index (χ4v) is 5.09. The fraction of sp³-hybridized carbons (Fsp3) is 0.944. The molecule has 4 saturated carbocycles. The van der Waals surface area contributed by atoms with Crippen LogP contribution < -0.4 is 5.32 Å². The van der Waals surface area contributed by atoms with E-state index in [4.69, 9.17) is 4.74 Å². The number of nitrogens with one attached hydrogen (secondary N) is 1. The summed E-state index contributed by atoms with van der Waals surface area (Å²) < 4.78 is 44.4. The molecule has 1 amide bonds. The zero-order chi connectivity index (χ0) is 18.3. The molecule has 5 fully saturated rings. The van der Waals surface area contributed by atoms with Crippen molar-refractivity contribution >= 4 is 6.09 Å². The number of ether oxygens (including phenoxy) is 1. The number of hydrogen-bond acceptors (Lipinski definition) is 3. The summed E-state index contributed by atoms with van der Waals surface area (Å²) in [5.74, 6) is 0.486. The van der Waals surface area contributed by atoms with Gasteiger partial charge in [0.15, 0.2) is 0 Å². The predicted octanol–water partition coefficient (Wildman–Crippen LogP) is 3.71. The van der Waals surface area contributed by atoms with Crippen molar-refractivity contribution < 1.29 is 22.7 Å². The van der Waals surface area contributed by atoms with Crippen molar-refractivity contribution in [3.8, 4) is 0 Å². The van der Waals surface area contributed by atoms with Crippen LogP contribution in [0.1, 0.15) is 52.9 Å². The molecule has 25 heavy (non-hydrogen) atoms. The van der Waals surface area contributed by atoms with Gasteiger partial charge >= 0.3 is 12.3 Å². The van der Waals surface area contributed by atoms with Gasteiger partial charge in [0.1, 0.15) is 11.1 Å². The molecule has 4 nitrogen and oxygen atoms in total. The van der Waals surface area contributed by atoms with Crippen molar-refractivity contribution in [2.24, 2.45) is 16.7 Å². The molecule has 1 heterocycles. The van der Waals surface area contributed by atoms with Gasteiger partial charge < -0.3 is 15.0 Å². The van der Waals surface area contributed by atoms with Crippen molar-refractivity contribution in [2.75, 3.05) is 19.6 Å². The summed E-state index contributed by atoms with van der Waals surface area (Å²) in [7, 11) is 0. The van der Waals surface area contributed by atoms with Crippen LogP contribution in [-0.2, 0) is 4.74 Å². The lowest BCUT2D eigenvalue weighted by molar-refractivity contribution is -0.257. The quantitative estimate of drug-likeness (QED) is 0.831. The number of hydrogen-bond donors (Lipinski definition) is 1. The van der Waals surface area contributed by atoms with Crippen LogP contribution >= 0.6 is 0 Å². The van der Waals surface area contributed by atoms with Crippen molar-refractivity contribution in [3.63, 3.8) is 0 Å². The van der Waals surface area contributed by atoms with E-state index in [2.05, 4.69) is 5.32 Å². The molecule has 0 unspecified atom stereocenters. The molecule has 0 aromatic heterocycles. The summed E-state index contributed by atoms with van der Waals surface area (Å²) in [6.07, 6.45) is -0.936. The van der Waals surface area contributed by atoms with Gasteiger partial charge in [-0.15, -0.1) is 0 Å². The molecule has 1 N–H and O–H groups in total. The molecule has 1 aliphatic heterocycles. The van der Waals surface area contributed by atoms with E-state index in [1.165, 1.54) is 0 Å². The first kappa shape index (κ1) is 17.4. The van der Waals surface area contributed by atoms with Gasteiger partial charge in [0, 0.05) is 25.6 Å². The first-order chi connectivity index (χ1) is 11.4. The molecule has 0 aromatic carbocycles. The van der Waals surface area contributed by atoms with E-state index in [0.29, 0.717) is 12.5 Å². The Balaban J connectivity index is 1.21. The lowest BCUT2D eigenvalue weighted by Crippen LogP contribution is -2.73. The Kier molecular flexibility index (Phi) is 3.38. The van der Waals surface area contributed by atoms with E-state index < -0.39 is 17.3 Å². The molecule has 5 rings (SSSR count). The van der Waals surface area contributed by atoms with Gasteiger partial charge in [-0.3, -0.25) is 0 Å². The van der Waals surface area contributed by atoms with Crippen molar-refractivity contribution in [1.29, 1.82) is 0 Å². The van der Waals surface area contributed by atoms with Gasteiger partial charge in [-0.05, 0) is 63.7 Å². The topological polar surface area (TPSA) is 41.6 Å². The van der Waals surface area contributed by atoms with Gasteiger partial charge in [-0.25, -0.2) is 4.79 Å². The van der Waals surface area contributed by atoms with Crippen molar-refractivity contribution in [2.45, 2.75) is 70.2 Å². The second-order valence-electron chi connectivity index (χ2n) is 9.91. The maximum absolute atomic E-state index is 13.0. The van der Waals surface area contributed by atoms with Gasteiger partial charge in [0.05, 0.1) is 0 Å². The molecular formula is C18H27F3N2O2. The summed E-state index contributed by atoms with van der Waals surface area (Å²) in [4.78, 5) is 13.7. The number of rotatable bonds is 4. The summed E-state index contributed by atoms with van der Waals surface area (Å²) in [6, 6.07) is 0. The van der Waals surface area contributed by atoms with Crippen LogP contribution in [0.25, 0.3) is 0 Å². The largest absolute Gasteiger partial charge is 0.444 e. The minimum absolute atomic E-state index is 0.0766. The number of carbonyl (C=O) groups is 1. The van der Waals surface area contributed by atoms with E-state index in [1.54, 1.807) is 4.90 Å². The first-order valence-corrected chi connectivity index (χ1v) is 9.18. The second-order valence-corrected chi connectivity index (χ2v) is 9.91. The van der Waals surface area contributed by atoms with Crippen LogP contribution in [-0.4, -0.2) is 47.9 Å². The van der Waals surface area contributed by atoms with Crippen LogP contribution in [0.15, 0.2) is 0 Å². The van der Waals surface area contributed by atoms with Crippen molar-refractivity contribution in [1.82, 2.24) is 10.2 Å². The van der Waals surface area contributed by atoms with Crippen LogP contribution in [0.4, 0.5) is 18.0 Å². The van der Waals surface area contributed by atoms with E-state index in [-0.39, 0.29) is 29.8 Å². The van der Waals surface area contributed by atoms with E-state index >= 15 is 0 Å². The average Bonchev–Trinajstić information content (AvgIpc) is 3.04. The third-order valence-electron chi connectivity index (χ3n) is 6.67. The Morgan fingerprint density at radius 2 is 1.72 bits per heavy atom. The van der Waals surface area contributed by atoms with Gasteiger partial charge in [-0.1, -0.05) is 0 Å². The van der Waals surface area contributed by atoms with Crippen LogP contribution in [0.2, 0.25) is 0 Å². The minimum atomic E-state index is -4.13. The first-order valence-electron chi connectivity index (χ1n) is 9.18. The molecular weight excluding hydrogens is 333 g/mol. The highest BCUT2D eigenvalue weighted by atomic mass is 19.4. The summed E-state index contributed by atoms with van der Waals surface area (Å²) in [5.41, 5.74) is -1.73. The lowest BCUT2D eigenvalue weighted by Gasteiger charge is -2.76. The normalized spacial score (nSPS) is 36.2. The zero-order valence-electron chi connectivity index (χ0n) is 15.1. The predicted molar refractivity (Wildman–Crippen MR) is 86.0 cm³/mol. The molecule has 2 bridgehead atoms. The zero-order valence-corrected chi connectivity index (χ0v) is 15.1. The standard InChI is InChI=1S/C18H27F3N2O2/c1-14(2,3)25-13(24)23-6-12(7-23)16-8-15(9-16,10-16)11-22-17(4-5-17)18(19,20)21/h12,22H,4-11H2,1-3H3.